The first-order valence-corrected chi connectivity index (χ1v) is 16.2. The van der Waals surface area contributed by atoms with Crippen LogP contribution < -0.4 is 4.80 Å². The van der Waals surface area contributed by atoms with Gasteiger partial charge in [-0.3, -0.25) is 9.59 Å². The number of esters is 1. The highest BCUT2D eigenvalue weighted by Crippen LogP contribution is 2.24. The molecule has 1 aliphatic rings. The number of carbonyl (C=O) groups excluding carboxylic acids is 2. The minimum atomic E-state index is -3.66. The van der Waals surface area contributed by atoms with Gasteiger partial charge in [0.25, 0.3) is 5.91 Å². The molecule has 38 heavy (non-hydrogen) atoms. The van der Waals surface area contributed by atoms with Crippen molar-refractivity contribution in [2.75, 3.05) is 26.0 Å². The maximum atomic E-state index is 13.0. The van der Waals surface area contributed by atoms with E-state index in [0.29, 0.717) is 29.2 Å². The molecule has 1 aliphatic heterocycles. The van der Waals surface area contributed by atoms with Gasteiger partial charge in [0, 0.05) is 24.9 Å². The standard InChI is InChI=1S/C25H29N3O7S3/c1-4-35-23(29)16-28-21-10-9-20(37(3,31)32)15-22(21)36-25(28)26-24(30)18-5-7-19(8-6-18)38(33,34)27-13-11-17(2)12-14-27/h5-10,15,17H,4,11-14,16H2,1-3H3. The van der Waals surface area contributed by atoms with E-state index < -0.39 is 31.7 Å². The molecule has 0 unspecified atom stereocenters. The predicted molar refractivity (Wildman–Crippen MR) is 143 cm³/mol. The van der Waals surface area contributed by atoms with Crippen LogP contribution in [0.5, 0.6) is 0 Å². The van der Waals surface area contributed by atoms with Gasteiger partial charge >= 0.3 is 5.97 Å². The van der Waals surface area contributed by atoms with Crippen LogP contribution in [0.4, 0.5) is 0 Å². The van der Waals surface area contributed by atoms with Gasteiger partial charge in [-0.05, 0) is 68.1 Å². The molecule has 0 atom stereocenters. The Labute approximate surface area is 225 Å². The van der Waals surface area contributed by atoms with Crippen LogP contribution in [0, 0.1) is 5.92 Å². The van der Waals surface area contributed by atoms with E-state index in [1.54, 1.807) is 13.0 Å². The quantitative estimate of drug-likeness (QED) is 0.393. The van der Waals surface area contributed by atoms with Gasteiger partial charge in [0.1, 0.15) is 6.54 Å². The van der Waals surface area contributed by atoms with E-state index in [0.717, 1.165) is 30.4 Å². The third-order valence-corrected chi connectivity index (χ3v) is 10.4. The molecule has 1 aromatic heterocycles. The Bertz CT molecular complexity index is 1650. The number of thiazole rings is 1. The number of sulfonamides is 1. The molecule has 0 radical (unpaired) electrons. The lowest BCUT2D eigenvalue weighted by atomic mass is 10.0. The first kappa shape index (κ1) is 28.1. The molecule has 204 valence electrons. The third-order valence-electron chi connectivity index (χ3n) is 6.35. The van der Waals surface area contributed by atoms with Gasteiger partial charge in [-0.15, -0.1) is 0 Å². The molecule has 0 N–H and O–H groups in total. The molecular formula is C25H29N3O7S3. The number of nitrogens with zero attached hydrogens (tertiary/aromatic N) is 3. The highest BCUT2D eigenvalue weighted by atomic mass is 32.2. The molecule has 2 heterocycles. The molecule has 1 amide bonds. The first-order chi connectivity index (χ1) is 17.9. The van der Waals surface area contributed by atoms with Gasteiger partial charge in [-0.2, -0.15) is 9.30 Å². The van der Waals surface area contributed by atoms with Crippen LogP contribution in [0.2, 0.25) is 0 Å². The predicted octanol–water partition coefficient (Wildman–Crippen LogP) is 2.83. The van der Waals surface area contributed by atoms with E-state index in [4.69, 9.17) is 4.74 Å². The number of rotatable bonds is 7. The average molecular weight is 580 g/mol. The number of fused-ring (bicyclic) bond motifs is 1. The number of hydrogen-bond donors (Lipinski definition) is 0. The Morgan fingerprint density at radius 3 is 2.26 bits per heavy atom. The molecule has 3 aromatic rings. The summed E-state index contributed by atoms with van der Waals surface area (Å²) in [5, 5.41) is 0. The van der Waals surface area contributed by atoms with Crippen LogP contribution in [-0.2, 0) is 35.9 Å². The van der Waals surface area contributed by atoms with E-state index in [-0.39, 0.29) is 33.3 Å². The van der Waals surface area contributed by atoms with E-state index >= 15 is 0 Å². The number of carbonyl (C=O) groups is 2. The lowest BCUT2D eigenvalue weighted by molar-refractivity contribution is -0.143. The summed E-state index contributed by atoms with van der Waals surface area (Å²) in [6, 6.07) is 10.1. The van der Waals surface area contributed by atoms with Crippen molar-refractivity contribution < 1.29 is 31.2 Å². The van der Waals surface area contributed by atoms with Gasteiger partial charge in [-0.25, -0.2) is 16.8 Å². The second-order valence-corrected chi connectivity index (χ2v) is 14.2. The topological polar surface area (TPSA) is 132 Å². The second-order valence-electron chi connectivity index (χ2n) is 9.21. The molecule has 0 aliphatic carbocycles. The monoisotopic (exact) mass is 579 g/mol. The summed E-state index contributed by atoms with van der Waals surface area (Å²) in [7, 11) is -7.12. The van der Waals surface area contributed by atoms with E-state index in [1.807, 2.05) is 0 Å². The van der Waals surface area contributed by atoms with Gasteiger partial charge in [-0.1, -0.05) is 18.3 Å². The summed E-state index contributed by atoms with van der Waals surface area (Å²) in [6.45, 7) is 4.67. The Kier molecular flexibility index (Phi) is 8.21. The molecule has 4 rings (SSSR count). The fourth-order valence-corrected chi connectivity index (χ4v) is 7.41. The van der Waals surface area contributed by atoms with Crippen LogP contribution in [0.25, 0.3) is 10.2 Å². The lowest BCUT2D eigenvalue weighted by Gasteiger charge is -2.29. The Balaban J connectivity index is 1.68. The third kappa shape index (κ3) is 6.06. The van der Waals surface area contributed by atoms with Crippen LogP contribution in [0.15, 0.2) is 57.2 Å². The van der Waals surface area contributed by atoms with Crippen molar-refractivity contribution in [3.05, 3.63) is 52.8 Å². The first-order valence-electron chi connectivity index (χ1n) is 12.1. The van der Waals surface area contributed by atoms with Gasteiger partial charge in [0.2, 0.25) is 10.0 Å². The molecule has 1 saturated heterocycles. The van der Waals surface area contributed by atoms with Crippen LogP contribution >= 0.6 is 11.3 Å². The molecule has 0 spiro atoms. The Hall–Kier alpha value is -2.87. The number of piperidine rings is 1. The van der Waals surface area contributed by atoms with Crippen LogP contribution in [0.3, 0.4) is 0 Å². The van der Waals surface area contributed by atoms with Crippen LogP contribution in [0.1, 0.15) is 37.0 Å². The molecule has 1 fully saturated rings. The number of ether oxygens (including phenoxy) is 1. The van der Waals surface area contributed by atoms with E-state index in [2.05, 4.69) is 11.9 Å². The fraction of sp³-hybridized carbons (Fsp3) is 0.400. The summed E-state index contributed by atoms with van der Waals surface area (Å²) in [6.07, 6.45) is 2.71. The normalized spacial score (nSPS) is 16.1. The smallest absolute Gasteiger partial charge is 0.326 e. The van der Waals surface area contributed by atoms with Gasteiger partial charge in [0.05, 0.1) is 26.6 Å². The number of hydrogen-bond acceptors (Lipinski definition) is 8. The van der Waals surface area contributed by atoms with Crippen LogP contribution in [-0.4, -0.2) is 63.5 Å². The number of benzene rings is 2. The zero-order chi connectivity index (χ0) is 27.7. The average Bonchev–Trinajstić information content (AvgIpc) is 3.20. The second kappa shape index (κ2) is 11.1. The number of sulfone groups is 1. The van der Waals surface area contributed by atoms with Gasteiger partial charge in [0.15, 0.2) is 14.6 Å². The minimum Gasteiger partial charge on any atom is -0.465 e. The maximum Gasteiger partial charge on any atom is 0.326 e. The minimum absolute atomic E-state index is 0.104. The zero-order valence-electron chi connectivity index (χ0n) is 21.3. The molecular weight excluding hydrogens is 550 g/mol. The molecule has 13 heteroatoms. The van der Waals surface area contributed by atoms with Gasteiger partial charge < -0.3 is 9.30 Å². The summed E-state index contributed by atoms with van der Waals surface area (Å²) < 4.78 is 58.5. The van der Waals surface area contributed by atoms with Crippen molar-refractivity contribution in [2.45, 2.75) is 43.0 Å². The van der Waals surface area contributed by atoms with Crippen molar-refractivity contribution in [2.24, 2.45) is 10.9 Å². The Morgan fingerprint density at radius 1 is 1.03 bits per heavy atom. The molecule has 10 nitrogen and oxygen atoms in total. The molecule has 2 aromatic carbocycles. The van der Waals surface area contributed by atoms with Crippen molar-refractivity contribution in [1.29, 1.82) is 0 Å². The molecule has 0 bridgehead atoms. The summed E-state index contributed by atoms with van der Waals surface area (Å²) in [4.78, 5) is 29.9. The maximum absolute atomic E-state index is 13.0. The highest BCUT2D eigenvalue weighted by molar-refractivity contribution is 7.90. The SMILES string of the molecule is CCOC(=O)Cn1c(=NC(=O)c2ccc(S(=O)(=O)N3CCC(C)CC3)cc2)sc2cc(S(C)(=O)=O)ccc21. The van der Waals surface area contributed by atoms with E-state index in [9.17, 15) is 26.4 Å². The lowest BCUT2D eigenvalue weighted by Crippen LogP contribution is -2.37. The Morgan fingerprint density at radius 2 is 1.66 bits per heavy atom. The zero-order valence-corrected chi connectivity index (χ0v) is 23.7. The molecule has 0 saturated carbocycles. The highest BCUT2D eigenvalue weighted by Gasteiger charge is 2.28. The largest absolute Gasteiger partial charge is 0.465 e. The van der Waals surface area contributed by atoms with Crippen molar-refractivity contribution in [1.82, 2.24) is 8.87 Å². The van der Waals surface area contributed by atoms with Crippen molar-refractivity contribution in [3.63, 3.8) is 0 Å². The summed E-state index contributed by atoms with van der Waals surface area (Å²) in [5.74, 6) is -0.676. The van der Waals surface area contributed by atoms with Crippen molar-refractivity contribution in [3.8, 4) is 0 Å². The van der Waals surface area contributed by atoms with Crippen molar-refractivity contribution >= 4 is 53.3 Å². The fourth-order valence-electron chi connectivity index (χ4n) is 4.15. The van der Waals surface area contributed by atoms with E-state index in [1.165, 1.54) is 45.3 Å². The summed E-state index contributed by atoms with van der Waals surface area (Å²) in [5.41, 5.74) is 0.701. The summed E-state index contributed by atoms with van der Waals surface area (Å²) >= 11 is 1.06. The number of aromatic nitrogens is 1. The number of amides is 1.